The van der Waals surface area contributed by atoms with E-state index in [0.717, 1.165) is 32.1 Å². The van der Waals surface area contributed by atoms with Crippen LogP contribution in [0.5, 0.6) is 0 Å². The zero-order chi connectivity index (χ0) is 30.4. The number of benzene rings is 3. The van der Waals surface area contributed by atoms with E-state index in [0.29, 0.717) is 28.7 Å². The molecule has 1 aliphatic carbocycles. The van der Waals surface area contributed by atoms with Crippen LogP contribution in [0.1, 0.15) is 64.0 Å². The van der Waals surface area contributed by atoms with E-state index in [1.165, 1.54) is 21.7 Å². The summed E-state index contributed by atoms with van der Waals surface area (Å²) in [6.07, 6.45) is 5.66. The van der Waals surface area contributed by atoms with E-state index >= 15 is 0 Å². The topological polar surface area (TPSA) is 126 Å². The quantitative estimate of drug-likeness (QED) is 0.256. The Morgan fingerprint density at radius 1 is 0.953 bits per heavy atom. The van der Waals surface area contributed by atoms with Crippen molar-refractivity contribution in [3.05, 3.63) is 84.4 Å². The number of fused-ring (bicyclic) bond motifs is 1. The number of amides is 2. The summed E-state index contributed by atoms with van der Waals surface area (Å²) in [5.41, 5.74) is 2.38. The Balaban J connectivity index is 1.55. The van der Waals surface area contributed by atoms with Crippen molar-refractivity contribution >= 4 is 38.6 Å². The average molecular weight is 603 g/mol. The summed E-state index contributed by atoms with van der Waals surface area (Å²) >= 11 is 0. The van der Waals surface area contributed by atoms with Gasteiger partial charge in [0.25, 0.3) is 0 Å². The predicted octanol–water partition coefficient (Wildman–Crippen LogP) is 4.73. The molecule has 1 heterocycles. The van der Waals surface area contributed by atoms with Gasteiger partial charge in [-0.25, -0.2) is 17.8 Å². The van der Waals surface area contributed by atoms with Gasteiger partial charge >= 0.3 is 0 Å². The number of para-hydroxylation sites is 1. The Hall–Kier alpha value is -4.09. The molecule has 0 saturated heterocycles. The summed E-state index contributed by atoms with van der Waals surface area (Å²) < 4.78 is 30.1. The summed E-state index contributed by atoms with van der Waals surface area (Å²) in [5, 5.41) is 11.6. The number of sulfonamides is 1. The summed E-state index contributed by atoms with van der Waals surface area (Å²) in [6.45, 7) is 3.53. The Kier molecular flexibility index (Phi) is 9.52. The number of nitrogens with zero attached hydrogens (tertiary/aromatic N) is 4. The second-order valence-electron chi connectivity index (χ2n) is 11.1. The van der Waals surface area contributed by atoms with Crippen molar-refractivity contribution in [3.63, 3.8) is 0 Å². The molecule has 226 valence electrons. The van der Waals surface area contributed by atoms with Gasteiger partial charge in [0.2, 0.25) is 21.8 Å². The lowest BCUT2D eigenvalue weighted by Crippen LogP contribution is -2.48. The molecular weight excluding hydrogens is 564 g/mol. The maximum Gasteiger partial charge on any atom is 0.249 e. The van der Waals surface area contributed by atoms with E-state index in [1.54, 1.807) is 19.1 Å². The molecule has 1 fully saturated rings. The molecule has 0 bridgehead atoms. The Morgan fingerprint density at radius 3 is 2.33 bits per heavy atom. The van der Waals surface area contributed by atoms with Crippen LogP contribution in [0.25, 0.3) is 11.0 Å². The third kappa shape index (κ3) is 7.11. The highest BCUT2D eigenvalue weighted by Crippen LogP contribution is 2.31. The monoisotopic (exact) mass is 602 g/mol. The molecule has 0 radical (unpaired) electrons. The number of aromatic nitrogens is 3. The van der Waals surface area contributed by atoms with Crippen LogP contribution in [-0.2, 0) is 26.2 Å². The third-order valence-corrected chi connectivity index (χ3v) is 9.55. The van der Waals surface area contributed by atoms with Gasteiger partial charge in [-0.2, -0.15) is 0 Å². The number of anilines is 1. The molecule has 0 aliphatic heterocycles. The highest BCUT2D eigenvalue weighted by Gasteiger charge is 2.34. The van der Waals surface area contributed by atoms with E-state index in [4.69, 9.17) is 0 Å². The minimum Gasteiger partial charge on any atom is -0.351 e. The summed E-state index contributed by atoms with van der Waals surface area (Å²) in [6, 6.07) is 21.4. The molecule has 3 aromatic carbocycles. The van der Waals surface area contributed by atoms with Crippen molar-refractivity contribution in [2.75, 3.05) is 4.90 Å². The van der Waals surface area contributed by atoms with Gasteiger partial charge in [0, 0.05) is 17.8 Å². The van der Waals surface area contributed by atoms with Gasteiger partial charge in [-0.05, 0) is 68.1 Å². The van der Waals surface area contributed by atoms with Crippen molar-refractivity contribution in [1.29, 1.82) is 0 Å². The molecule has 2 amide bonds. The maximum atomic E-state index is 14.3. The second-order valence-corrected chi connectivity index (χ2v) is 12.8. The van der Waals surface area contributed by atoms with Crippen LogP contribution in [0.3, 0.4) is 0 Å². The molecule has 1 aromatic heterocycles. The first-order valence-corrected chi connectivity index (χ1v) is 16.3. The molecule has 10 nitrogen and oxygen atoms in total. The number of rotatable bonds is 11. The molecule has 0 unspecified atom stereocenters. The first kappa shape index (κ1) is 30.4. The van der Waals surface area contributed by atoms with Crippen LogP contribution >= 0.6 is 0 Å². The minimum absolute atomic E-state index is 0.0304. The minimum atomic E-state index is -3.76. The molecule has 1 aliphatic rings. The van der Waals surface area contributed by atoms with Gasteiger partial charge in [-0.1, -0.05) is 73.9 Å². The molecule has 0 spiro atoms. The number of hydrogen-bond acceptors (Lipinski definition) is 6. The number of carbonyl (C=O) groups excluding carboxylic acids is 2. The predicted molar refractivity (Wildman–Crippen MR) is 166 cm³/mol. The lowest BCUT2D eigenvalue weighted by molar-refractivity contribution is -0.127. The molecule has 4 aromatic rings. The van der Waals surface area contributed by atoms with Crippen molar-refractivity contribution in [2.45, 2.75) is 81.9 Å². The molecule has 2 N–H and O–H groups in total. The second kappa shape index (κ2) is 13.5. The Bertz CT molecular complexity index is 1650. The van der Waals surface area contributed by atoms with Crippen molar-refractivity contribution in [2.24, 2.45) is 0 Å². The van der Waals surface area contributed by atoms with Crippen LogP contribution < -0.4 is 14.9 Å². The van der Waals surface area contributed by atoms with E-state index in [-0.39, 0.29) is 29.4 Å². The van der Waals surface area contributed by atoms with Crippen molar-refractivity contribution in [1.82, 2.24) is 25.0 Å². The standard InChI is InChI=1S/C32H38N6O4S/c1-3-23(2)35-43(41,42)27-20-18-26(19-21-27)38(30(39)22-37-29-17-11-10-16-28(29)34-36-37)31(24-12-6-4-7-13-24)32(40)33-25-14-8-5-9-15-25/h4,6-7,10-13,16-21,23,25,31,35H,3,5,8-9,14-15,22H2,1-2H3,(H,33,40)/t23-,31+/m1/s1. The summed E-state index contributed by atoms with van der Waals surface area (Å²) in [7, 11) is -3.76. The lowest BCUT2D eigenvalue weighted by Gasteiger charge is -2.33. The van der Waals surface area contributed by atoms with Crippen LogP contribution in [0.2, 0.25) is 0 Å². The van der Waals surface area contributed by atoms with Crippen LogP contribution in [0, 0.1) is 0 Å². The smallest absolute Gasteiger partial charge is 0.249 e. The lowest BCUT2D eigenvalue weighted by atomic mass is 9.94. The first-order chi connectivity index (χ1) is 20.8. The maximum absolute atomic E-state index is 14.3. The number of nitrogens with one attached hydrogen (secondary N) is 2. The van der Waals surface area contributed by atoms with Crippen LogP contribution in [0.15, 0.2) is 83.8 Å². The van der Waals surface area contributed by atoms with Crippen LogP contribution in [0.4, 0.5) is 5.69 Å². The van der Waals surface area contributed by atoms with Crippen molar-refractivity contribution in [3.8, 4) is 0 Å². The molecule has 11 heteroatoms. The van der Waals surface area contributed by atoms with Gasteiger partial charge < -0.3 is 5.32 Å². The molecule has 5 rings (SSSR count). The fourth-order valence-corrected chi connectivity index (χ4v) is 6.78. The molecule has 2 atom stereocenters. The average Bonchev–Trinajstić information content (AvgIpc) is 3.43. The first-order valence-electron chi connectivity index (χ1n) is 14.8. The highest BCUT2D eigenvalue weighted by molar-refractivity contribution is 7.89. The van der Waals surface area contributed by atoms with Gasteiger partial charge in [-0.15, -0.1) is 5.10 Å². The van der Waals surface area contributed by atoms with Gasteiger partial charge in [0.05, 0.1) is 10.4 Å². The highest BCUT2D eigenvalue weighted by atomic mass is 32.2. The van der Waals surface area contributed by atoms with E-state index in [1.807, 2.05) is 61.5 Å². The van der Waals surface area contributed by atoms with Gasteiger partial charge in [0.1, 0.15) is 18.1 Å². The van der Waals surface area contributed by atoms with E-state index < -0.39 is 22.0 Å². The van der Waals surface area contributed by atoms with Gasteiger partial charge in [0.15, 0.2) is 0 Å². The fraction of sp³-hybridized carbons (Fsp3) is 0.375. The third-order valence-electron chi connectivity index (χ3n) is 7.94. The zero-order valence-electron chi connectivity index (χ0n) is 24.5. The summed E-state index contributed by atoms with van der Waals surface area (Å²) in [4.78, 5) is 29.9. The van der Waals surface area contributed by atoms with Crippen LogP contribution in [-0.4, -0.2) is 47.3 Å². The Morgan fingerprint density at radius 2 is 1.63 bits per heavy atom. The summed E-state index contributed by atoms with van der Waals surface area (Å²) in [5.74, 6) is -0.679. The van der Waals surface area contributed by atoms with Gasteiger partial charge in [-0.3, -0.25) is 14.5 Å². The largest absolute Gasteiger partial charge is 0.351 e. The number of carbonyl (C=O) groups is 2. The SMILES string of the molecule is CC[C@@H](C)NS(=O)(=O)c1ccc(N(C(=O)Cn2nnc3ccccc32)[C@H](C(=O)NC2CCCCC2)c2ccccc2)cc1. The normalized spacial score (nSPS) is 15.6. The number of hydrogen-bond donors (Lipinski definition) is 2. The zero-order valence-corrected chi connectivity index (χ0v) is 25.3. The molecule has 1 saturated carbocycles. The Labute approximate surface area is 252 Å². The molecular formula is C32H38N6O4S. The van der Waals surface area contributed by atoms with E-state index in [2.05, 4.69) is 20.4 Å². The molecule has 43 heavy (non-hydrogen) atoms. The van der Waals surface area contributed by atoms with E-state index in [9.17, 15) is 18.0 Å². The van der Waals surface area contributed by atoms with Crippen molar-refractivity contribution < 1.29 is 18.0 Å². The fourth-order valence-electron chi connectivity index (χ4n) is 5.46.